The first-order valence-electron chi connectivity index (χ1n) is 13.7. The van der Waals surface area contributed by atoms with Gasteiger partial charge in [-0.2, -0.15) is 0 Å². The van der Waals surface area contributed by atoms with Crippen molar-refractivity contribution in [2.24, 2.45) is 4.99 Å². The summed E-state index contributed by atoms with van der Waals surface area (Å²) in [6.45, 7) is 0.825. The molecule has 9 heteroatoms. The summed E-state index contributed by atoms with van der Waals surface area (Å²) >= 11 is 9.83. The number of aliphatic imine (C=N–C) groups is 1. The summed E-state index contributed by atoms with van der Waals surface area (Å²) < 4.78 is 13.2. The van der Waals surface area contributed by atoms with Gasteiger partial charge in [-0.3, -0.25) is 10.2 Å². The molecule has 4 aromatic carbocycles. The molecule has 5 rings (SSSR count). The number of nitrogens with zero attached hydrogens (tertiary/aromatic N) is 1. The highest BCUT2D eigenvalue weighted by Crippen LogP contribution is 2.42. The number of carbonyl (C=O) groups is 1. The Bertz CT molecular complexity index is 1520. The number of nitrogens with one attached hydrogen (secondary N) is 2. The van der Waals surface area contributed by atoms with Gasteiger partial charge in [0.25, 0.3) is 5.91 Å². The van der Waals surface area contributed by atoms with Gasteiger partial charge in [-0.1, -0.05) is 88.2 Å². The van der Waals surface area contributed by atoms with Gasteiger partial charge in [0.2, 0.25) is 5.90 Å². The van der Waals surface area contributed by atoms with Crippen LogP contribution in [0.4, 0.5) is 0 Å². The maximum Gasteiger partial charge on any atom is 0.266 e. The van der Waals surface area contributed by atoms with E-state index >= 15 is 0 Å². The van der Waals surface area contributed by atoms with Gasteiger partial charge in [0.1, 0.15) is 5.75 Å². The molecule has 0 saturated carbocycles. The maximum atomic E-state index is 14.2. The topological polar surface area (TPSA) is 92.2 Å². The fraction of sp³-hybridized carbons (Fsp3) is 0.212. The Balaban J connectivity index is 1.50. The van der Waals surface area contributed by atoms with Crippen LogP contribution < -0.4 is 15.6 Å². The molecule has 216 valence electrons. The van der Waals surface area contributed by atoms with Crippen molar-refractivity contribution in [3.05, 3.63) is 135 Å². The fourth-order valence-electron chi connectivity index (χ4n) is 4.79. The van der Waals surface area contributed by atoms with Crippen molar-refractivity contribution in [3.8, 4) is 5.75 Å². The van der Waals surface area contributed by atoms with Crippen LogP contribution in [0.1, 0.15) is 34.8 Å². The molecular weight excluding hydrogens is 618 g/mol. The largest absolute Gasteiger partial charge is 0.494 e. The molecule has 0 unspecified atom stereocenters. The summed E-state index contributed by atoms with van der Waals surface area (Å²) in [5, 5.41) is 9.64. The van der Waals surface area contributed by atoms with Gasteiger partial charge in [0, 0.05) is 41.1 Å². The molecule has 0 bridgehead atoms. The van der Waals surface area contributed by atoms with Crippen LogP contribution in [0.5, 0.6) is 5.75 Å². The zero-order valence-electron chi connectivity index (χ0n) is 22.8. The maximum absolute atomic E-state index is 14.2. The average molecular weight is 649 g/mol. The predicted octanol–water partition coefficient (Wildman–Crippen LogP) is 6.18. The minimum Gasteiger partial charge on any atom is -0.494 e. The predicted molar refractivity (Wildman–Crippen MR) is 167 cm³/mol. The van der Waals surface area contributed by atoms with E-state index < -0.39 is 11.6 Å². The Morgan fingerprint density at radius 2 is 1.69 bits per heavy atom. The molecule has 1 amide bonds. The standard InChI is InChI=1S/C33H31BrClN3O4/c34-27-15-11-23(12-16-27)21-33(32(40)38-36-22-26-9-4-5-10-29(26)35)30(24-7-2-1-3-8-24)42-31(37-33)25-13-17-28(18-14-25)41-20-6-19-39/h1-5,7-18,30,36,39H,6,19-22H2,(H,38,40)/t30-,33-/m0/s1. The molecule has 0 spiro atoms. The molecule has 0 saturated heterocycles. The third kappa shape index (κ3) is 7.02. The molecule has 1 aliphatic heterocycles. The van der Waals surface area contributed by atoms with Crippen molar-refractivity contribution in [1.29, 1.82) is 0 Å². The lowest BCUT2D eigenvalue weighted by atomic mass is 9.82. The Morgan fingerprint density at radius 3 is 2.40 bits per heavy atom. The van der Waals surface area contributed by atoms with E-state index in [2.05, 4.69) is 26.8 Å². The van der Waals surface area contributed by atoms with Gasteiger partial charge in [-0.15, -0.1) is 0 Å². The second-order valence-corrected chi connectivity index (χ2v) is 11.2. The van der Waals surface area contributed by atoms with Crippen molar-refractivity contribution in [2.75, 3.05) is 13.2 Å². The van der Waals surface area contributed by atoms with Crippen molar-refractivity contribution in [1.82, 2.24) is 10.9 Å². The lowest BCUT2D eigenvalue weighted by Crippen LogP contribution is -2.53. The number of hydrogen-bond donors (Lipinski definition) is 3. The van der Waals surface area contributed by atoms with E-state index in [0.717, 1.165) is 26.7 Å². The Hall–Kier alpha value is -3.69. The summed E-state index contributed by atoms with van der Waals surface area (Å²) in [5.41, 5.74) is 7.96. The lowest BCUT2D eigenvalue weighted by molar-refractivity contribution is -0.130. The Labute approximate surface area is 258 Å². The van der Waals surface area contributed by atoms with E-state index in [1.807, 2.05) is 103 Å². The van der Waals surface area contributed by atoms with E-state index in [1.54, 1.807) is 0 Å². The monoisotopic (exact) mass is 647 g/mol. The van der Waals surface area contributed by atoms with Crippen LogP contribution in [0.3, 0.4) is 0 Å². The molecule has 0 aromatic heterocycles. The number of hydrazine groups is 1. The van der Waals surface area contributed by atoms with Crippen LogP contribution in [0, 0.1) is 0 Å². The molecule has 2 atom stereocenters. The number of hydrogen-bond acceptors (Lipinski definition) is 6. The van der Waals surface area contributed by atoms with Gasteiger partial charge in [-0.05, 0) is 59.2 Å². The first-order valence-corrected chi connectivity index (χ1v) is 14.8. The van der Waals surface area contributed by atoms with E-state index in [0.29, 0.717) is 42.7 Å². The van der Waals surface area contributed by atoms with E-state index in [9.17, 15) is 4.79 Å². The number of benzene rings is 4. The lowest BCUT2D eigenvalue weighted by Gasteiger charge is -2.31. The molecule has 0 aliphatic carbocycles. The summed E-state index contributed by atoms with van der Waals surface area (Å²) in [6.07, 6.45) is 0.153. The number of carbonyl (C=O) groups excluding carboxylic acids is 1. The summed E-state index contributed by atoms with van der Waals surface area (Å²) in [4.78, 5) is 19.3. The Kier molecular flexibility index (Phi) is 9.92. The minimum absolute atomic E-state index is 0.0688. The zero-order chi connectivity index (χ0) is 29.4. The number of ether oxygens (including phenoxy) is 2. The molecular formula is C33H31BrClN3O4. The van der Waals surface area contributed by atoms with E-state index in [1.165, 1.54) is 0 Å². The van der Waals surface area contributed by atoms with E-state index in [4.69, 9.17) is 31.2 Å². The number of aliphatic hydroxyl groups excluding tert-OH is 1. The van der Waals surface area contributed by atoms with Gasteiger partial charge in [0.15, 0.2) is 11.6 Å². The number of aliphatic hydroxyl groups is 1. The molecule has 1 aliphatic rings. The highest BCUT2D eigenvalue weighted by atomic mass is 79.9. The van der Waals surface area contributed by atoms with Crippen LogP contribution in [0.2, 0.25) is 5.02 Å². The highest BCUT2D eigenvalue weighted by molar-refractivity contribution is 9.10. The molecule has 42 heavy (non-hydrogen) atoms. The van der Waals surface area contributed by atoms with Crippen molar-refractivity contribution in [2.45, 2.75) is 31.0 Å². The minimum atomic E-state index is -1.33. The molecule has 0 radical (unpaired) electrons. The SMILES string of the molecule is O=C(NNCc1ccccc1Cl)[C@@]1(Cc2ccc(Br)cc2)N=C(c2ccc(OCCCO)cc2)O[C@H]1c1ccccc1. The van der Waals surface area contributed by atoms with Gasteiger partial charge in [0.05, 0.1) is 6.61 Å². The van der Waals surface area contributed by atoms with Crippen LogP contribution in [0.25, 0.3) is 0 Å². The van der Waals surface area contributed by atoms with Crippen molar-refractivity contribution < 1.29 is 19.4 Å². The summed E-state index contributed by atoms with van der Waals surface area (Å²) in [5.74, 6) is 0.711. The highest BCUT2D eigenvalue weighted by Gasteiger charge is 2.53. The average Bonchev–Trinajstić information content (AvgIpc) is 3.40. The number of halogens is 2. The second-order valence-electron chi connectivity index (χ2n) is 9.90. The van der Waals surface area contributed by atoms with Crippen molar-refractivity contribution in [3.63, 3.8) is 0 Å². The zero-order valence-corrected chi connectivity index (χ0v) is 25.1. The fourth-order valence-corrected chi connectivity index (χ4v) is 5.26. The summed E-state index contributed by atoms with van der Waals surface area (Å²) in [7, 11) is 0. The third-order valence-corrected chi connectivity index (χ3v) is 7.86. The van der Waals surface area contributed by atoms with Gasteiger partial charge in [-0.25, -0.2) is 10.4 Å². The molecule has 7 nitrogen and oxygen atoms in total. The van der Waals surface area contributed by atoms with Crippen LogP contribution in [-0.4, -0.2) is 35.7 Å². The number of rotatable bonds is 12. The normalized spacial score (nSPS) is 17.8. The quantitative estimate of drug-likeness (QED) is 0.126. The van der Waals surface area contributed by atoms with Gasteiger partial charge >= 0.3 is 0 Å². The second kappa shape index (κ2) is 14.0. The van der Waals surface area contributed by atoms with Crippen molar-refractivity contribution >= 4 is 39.3 Å². The van der Waals surface area contributed by atoms with Crippen LogP contribution in [0.15, 0.2) is 113 Å². The number of amides is 1. The summed E-state index contributed by atoms with van der Waals surface area (Å²) in [6, 6.07) is 32.4. The van der Waals surface area contributed by atoms with Crippen LogP contribution in [-0.2, 0) is 22.5 Å². The van der Waals surface area contributed by atoms with E-state index in [-0.39, 0.29) is 12.5 Å². The van der Waals surface area contributed by atoms with Crippen LogP contribution >= 0.6 is 27.5 Å². The Morgan fingerprint density at radius 1 is 0.976 bits per heavy atom. The molecule has 0 fully saturated rings. The first-order chi connectivity index (χ1) is 20.5. The molecule has 3 N–H and O–H groups in total. The molecule has 4 aromatic rings. The van der Waals surface area contributed by atoms with Gasteiger partial charge < -0.3 is 14.6 Å². The molecule has 1 heterocycles. The smallest absolute Gasteiger partial charge is 0.266 e. The third-order valence-electron chi connectivity index (χ3n) is 6.96. The first kappa shape index (κ1) is 29.8.